The number of rotatable bonds is 6. The highest BCUT2D eigenvalue weighted by Gasteiger charge is 2.37. The summed E-state index contributed by atoms with van der Waals surface area (Å²) in [5, 5.41) is 4.01. The molecule has 1 aromatic carbocycles. The van der Waals surface area contributed by atoms with E-state index in [0.717, 1.165) is 17.5 Å². The molecule has 0 aliphatic carbocycles. The molecule has 1 amide bonds. The van der Waals surface area contributed by atoms with Crippen LogP contribution in [0, 0.1) is 0 Å². The summed E-state index contributed by atoms with van der Waals surface area (Å²) in [5.74, 6) is 2.16. The van der Waals surface area contributed by atoms with Crippen molar-refractivity contribution in [3.63, 3.8) is 0 Å². The van der Waals surface area contributed by atoms with Crippen LogP contribution < -0.4 is 9.47 Å². The number of likely N-dealkylation sites (tertiary alicyclic amines) is 1. The third-order valence-corrected chi connectivity index (χ3v) is 4.79. The van der Waals surface area contributed by atoms with Crippen molar-refractivity contribution in [1.82, 2.24) is 20.0 Å². The molecule has 0 spiro atoms. The predicted molar refractivity (Wildman–Crippen MR) is 99.9 cm³/mol. The highest BCUT2D eigenvalue weighted by Crippen LogP contribution is 2.34. The highest BCUT2D eigenvalue weighted by atomic mass is 16.5. The van der Waals surface area contributed by atoms with Crippen molar-refractivity contribution in [3.8, 4) is 22.9 Å². The van der Waals surface area contributed by atoms with Crippen LogP contribution in [0.15, 0.2) is 47.2 Å². The van der Waals surface area contributed by atoms with Crippen LogP contribution in [-0.2, 0) is 11.2 Å². The maximum atomic E-state index is 12.8. The maximum absolute atomic E-state index is 12.8. The van der Waals surface area contributed by atoms with Crippen molar-refractivity contribution in [3.05, 3.63) is 54.2 Å². The number of ether oxygens (including phenoxy) is 2. The standard InChI is InChI=1S/C20H20N4O4/c1-26-16-6-5-13(10-17(16)27-2)11-18(25)24-9-7-15(24)20-22-19(23-28-20)14-4-3-8-21-12-14/h3-6,8,10,12,15H,7,9,11H2,1-2H3/t15-/m0/s1. The average molecular weight is 380 g/mol. The van der Waals surface area contributed by atoms with Gasteiger partial charge < -0.3 is 18.9 Å². The van der Waals surface area contributed by atoms with Crippen molar-refractivity contribution in [1.29, 1.82) is 0 Å². The SMILES string of the molecule is COc1ccc(CC(=O)N2CC[C@H]2c2nc(-c3cccnc3)no2)cc1OC. The van der Waals surface area contributed by atoms with Gasteiger partial charge in [-0.3, -0.25) is 9.78 Å². The van der Waals surface area contributed by atoms with Crippen LogP contribution in [0.4, 0.5) is 0 Å². The van der Waals surface area contributed by atoms with Crippen LogP contribution in [0.5, 0.6) is 11.5 Å². The topological polar surface area (TPSA) is 90.6 Å². The molecule has 0 saturated carbocycles. The first-order chi connectivity index (χ1) is 13.7. The van der Waals surface area contributed by atoms with E-state index in [1.807, 2.05) is 24.3 Å². The minimum absolute atomic E-state index is 0.00426. The Morgan fingerprint density at radius 2 is 2.11 bits per heavy atom. The van der Waals surface area contributed by atoms with Crippen LogP contribution in [0.25, 0.3) is 11.4 Å². The van der Waals surface area contributed by atoms with Crippen molar-refractivity contribution >= 4 is 5.91 Å². The van der Waals surface area contributed by atoms with Crippen LogP contribution in [0.3, 0.4) is 0 Å². The van der Waals surface area contributed by atoms with Gasteiger partial charge in [-0.25, -0.2) is 0 Å². The summed E-state index contributed by atoms with van der Waals surface area (Å²) in [6.45, 7) is 0.668. The normalized spacial score (nSPS) is 15.8. The van der Waals surface area contributed by atoms with E-state index in [0.29, 0.717) is 29.8 Å². The third kappa shape index (κ3) is 3.40. The number of nitrogens with zero attached hydrogens (tertiary/aromatic N) is 4. The minimum atomic E-state index is -0.189. The fraction of sp³-hybridized carbons (Fsp3) is 0.300. The Labute approximate surface area is 162 Å². The van der Waals surface area contributed by atoms with Crippen LogP contribution in [0.2, 0.25) is 0 Å². The van der Waals surface area contributed by atoms with Gasteiger partial charge in [0.1, 0.15) is 6.04 Å². The Hall–Kier alpha value is -3.42. The first-order valence-corrected chi connectivity index (χ1v) is 8.94. The molecule has 144 valence electrons. The Bertz CT molecular complexity index is 973. The van der Waals surface area contributed by atoms with Crippen molar-refractivity contribution in [2.75, 3.05) is 20.8 Å². The maximum Gasteiger partial charge on any atom is 0.249 e. The number of amides is 1. The fourth-order valence-corrected chi connectivity index (χ4v) is 3.19. The van der Waals surface area contributed by atoms with E-state index in [4.69, 9.17) is 14.0 Å². The van der Waals surface area contributed by atoms with Gasteiger partial charge in [0.15, 0.2) is 11.5 Å². The predicted octanol–water partition coefficient (Wildman–Crippen LogP) is 2.66. The second kappa shape index (κ2) is 7.67. The zero-order chi connectivity index (χ0) is 19.5. The Kier molecular flexibility index (Phi) is 4.92. The Morgan fingerprint density at radius 3 is 2.79 bits per heavy atom. The summed E-state index contributed by atoms with van der Waals surface area (Å²) in [5.41, 5.74) is 1.63. The lowest BCUT2D eigenvalue weighted by Crippen LogP contribution is -2.46. The number of benzene rings is 1. The number of carbonyl (C=O) groups excluding carboxylic acids is 1. The van der Waals surface area contributed by atoms with E-state index < -0.39 is 0 Å². The molecule has 8 heteroatoms. The van der Waals surface area contributed by atoms with Gasteiger partial charge >= 0.3 is 0 Å². The van der Waals surface area contributed by atoms with Crippen molar-refractivity contribution in [2.45, 2.75) is 18.9 Å². The number of hydrogen-bond donors (Lipinski definition) is 0. The monoisotopic (exact) mass is 380 g/mol. The lowest BCUT2D eigenvalue weighted by molar-refractivity contribution is -0.139. The molecule has 2 aromatic heterocycles. The summed E-state index contributed by atoms with van der Waals surface area (Å²) in [6, 6.07) is 8.97. The minimum Gasteiger partial charge on any atom is -0.493 e. The first kappa shape index (κ1) is 18.0. The highest BCUT2D eigenvalue weighted by molar-refractivity contribution is 5.80. The molecule has 8 nitrogen and oxygen atoms in total. The molecule has 0 radical (unpaired) electrons. The number of carbonyl (C=O) groups is 1. The van der Waals surface area contributed by atoms with E-state index in [-0.39, 0.29) is 18.4 Å². The van der Waals surface area contributed by atoms with Gasteiger partial charge in [0.05, 0.1) is 20.6 Å². The molecule has 1 atom stereocenters. The van der Waals surface area contributed by atoms with Gasteiger partial charge in [-0.05, 0) is 36.2 Å². The molecule has 0 N–H and O–H groups in total. The molecule has 0 bridgehead atoms. The largest absolute Gasteiger partial charge is 0.493 e. The van der Waals surface area contributed by atoms with E-state index in [1.165, 1.54) is 0 Å². The van der Waals surface area contributed by atoms with Gasteiger partial charge in [-0.1, -0.05) is 11.2 Å². The van der Waals surface area contributed by atoms with Gasteiger partial charge in [0, 0.05) is 24.5 Å². The fourth-order valence-electron chi connectivity index (χ4n) is 3.19. The number of aromatic nitrogens is 3. The lowest BCUT2D eigenvalue weighted by atomic mass is 10.0. The molecule has 1 saturated heterocycles. The van der Waals surface area contributed by atoms with E-state index >= 15 is 0 Å². The summed E-state index contributed by atoms with van der Waals surface area (Å²) < 4.78 is 15.9. The molecule has 28 heavy (non-hydrogen) atoms. The third-order valence-electron chi connectivity index (χ3n) is 4.79. The first-order valence-electron chi connectivity index (χ1n) is 8.94. The zero-order valence-electron chi connectivity index (χ0n) is 15.7. The van der Waals surface area contributed by atoms with Crippen LogP contribution in [0.1, 0.15) is 23.9 Å². The molecular weight excluding hydrogens is 360 g/mol. The number of pyridine rings is 1. The van der Waals surface area contributed by atoms with Crippen LogP contribution >= 0.6 is 0 Å². The molecule has 1 aliphatic rings. The molecule has 1 fully saturated rings. The summed E-state index contributed by atoms with van der Waals surface area (Å²) in [4.78, 5) is 23.0. The Morgan fingerprint density at radius 1 is 1.25 bits per heavy atom. The van der Waals surface area contributed by atoms with Gasteiger partial charge in [0.25, 0.3) is 0 Å². The number of methoxy groups -OCH3 is 2. The Balaban J connectivity index is 1.46. The van der Waals surface area contributed by atoms with Gasteiger partial charge in [-0.2, -0.15) is 4.98 Å². The van der Waals surface area contributed by atoms with E-state index in [9.17, 15) is 4.79 Å². The van der Waals surface area contributed by atoms with E-state index in [1.54, 1.807) is 37.6 Å². The summed E-state index contributed by atoms with van der Waals surface area (Å²) >= 11 is 0. The average Bonchev–Trinajstić information content (AvgIpc) is 3.17. The molecule has 3 heterocycles. The van der Waals surface area contributed by atoms with Crippen molar-refractivity contribution < 1.29 is 18.8 Å². The number of hydrogen-bond acceptors (Lipinski definition) is 7. The lowest BCUT2D eigenvalue weighted by Gasteiger charge is -2.38. The molecule has 4 rings (SSSR count). The van der Waals surface area contributed by atoms with Gasteiger partial charge in [-0.15, -0.1) is 0 Å². The quantitative estimate of drug-likeness (QED) is 0.649. The molecular formula is C20H20N4O4. The zero-order valence-corrected chi connectivity index (χ0v) is 15.7. The smallest absolute Gasteiger partial charge is 0.249 e. The molecule has 1 aliphatic heterocycles. The second-order valence-corrected chi connectivity index (χ2v) is 6.46. The van der Waals surface area contributed by atoms with Crippen molar-refractivity contribution in [2.24, 2.45) is 0 Å². The van der Waals surface area contributed by atoms with E-state index in [2.05, 4.69) is 15.1 Å². The van der Waals surface area contributed by atoms with Crippen LogP contribution in [-0.4, -0.2) is 46.7 Å². The molecule has 0 unspecified atom stereocenters. The van der Waals surface area contributed by atoms with Gasteiger partial charge in [0.2, 0.25) is 17.6 Å². The second-order valence-electron chi connectivity index (χ2n) is 6.46. The summed E-state index contributed by atoms with van der Waals surface area (Å²) in [6.07, 6.45) is 4.42. The molecule has 3 aromatic rings. The summed E-state index contributed by atoms with van der Waals surface area (Å²) in [7, 11) is 3.15.